The minimum atomic E-state index is 0.959. The van der Waals surface area contributed by atoms with Gasteiger partial charge in [0.2, 0.25) is 0 Å². The van der Waals surface area contributed by atoms with Crippen molar-refractivity contribution in [1.29, 1.82) is 0 Å². The molecule has 0 bridgehead atoms. The smallest absolute Gasteiger partial charge is 0.0798 e. The Bertz CT molecular complexity index is 286. The first kappa shape index (κ1) is 13.6. The van der Waals surface area contributed by atoms with Gasteiger partial charge in [-0.15, -0.1) is 11.3 Å². The van der Waals surface area contributed by atoms with Crippen LogP contribution >= 0.6 is 11.3 Å². The maximum atomic E-state index is 4.24. The van der Waals surface area contributed by atoms with Crippen molar-refractivity contribution in [3.8, 4) is 0 Å². The molecular weight excluding hydrogens is 218 g/mol. The van der Waals surface area contributed by atoms with Crippen molar-refractivity contribution >= 4 is 11.3 Å². The first-order chi connectivity index (χ1) is 7.77. The first-order valence-corrected chi connectivity index (χ1v) is 6.97. The predicted octanol–water partition coefficient (Wildman–Crippen LogP) is 2.27. The number of hydrogen-bond acceptors (Lipinski definition) is 4. The van der Waals surface area contributed by atoms with Crippen LogP contribution < -0.4 is 5.32 Å². The lowest BCUT2D eigenvalue weighted by molar-refractivity contribution is 0.287. The monoisotopic (exact) mass is 241 g/mol. The Morgan fingerprint density at radius 1 is 1.38 bits per heavy atom. The molecule has 0 aliphatic carbocycles. The van der Waals surface area contributed by atoms with E-state index in [4.69, 9.17) is 0 Å². The molecule has 1 N–H and O–H groups in total. The van der Waals surface area contributed by atoms with E-state index >= 15 is 0 Å². The lowest BCUT2D eigenvalue weighted by Gasteiger charge is -2.19. The summed E-state index contributed by atoms with van der Waals surface area (Å²) < 4.78 is 0. The molecule has 0 fully saturated rings. The number of hydrogen-bond donors (Lipinski definition) is 1. The van der Waals surface area contributed by atoms with Gasteiger partial charge in [-0.2, -0.15) is 0 Å². The topological polar surface area (TPSA) is 28.2 Å². The molecule has 0 amide bonds. The fourth-order valence-corrected chi connectivity index (χ4v) is 2.43. The summed E-state index contributed by atoms with van der Waals surface area (Å²) in [6.07, 6.45) is 1.24. The number of likely N-dealkylation sites (N-methyl/N-ethyl adjacent to an activating group) is 1. The van der Waals surface area contributed by atoms with Crippen molar-refractivity contribution in [3.63, 3.8) is 0 Å². The molecule has 1 rings (SSSR count). The average Bonchev–Trinajstić information content (AvgIpc) is 2.69. The summed E-state index contributed by atoms with van der Waals surface area (Å²) in [5.41, 5.74) is 3.08. The van der Waals surface area contributed by atoms with E-state index in [0.717, 1.165) is 26.2 Å². The van der Waals surface area contributed by atoms with Crippen LogP contribution in [0.25, 0.3) is 0 Å². The number of aromatic nitrogens is 1. The van der Waals surface area contributed by atoms with E-state index in [9.17, 15) is 0 Å². The third-order valence-electron chi connectivity index (χ3n) is 2.72. The van der Waals surface area contributed by atoms with Crippen molar-refractivity contribution in [2.24, 2.45) is 0 Å². The molecule has 3 nitrogen and oxygen atoms in total. The van der Waals surface area contributed by atoms with Crippen LogP contribution in [0.3, 0.4) is 0 Å². The molecule has 0 aliphatic rings. The first-order valence-electron chi connectivity index (χ1n) is 6.10. The Morgan fingerprint density at radius 3 is 2.75 bits per heavy atom. The summed E-state index contributed by atoms with van der Waals surface area (Å²) >= 11 is 1.74. The van der Waals surface area contributed by atoms with E-state index in [1.165, 1.54) is 23.5 Å². The normalized spacial score (nSPS) is 11.2. The molecule has 4 heteroatoms. The van der Waals surface area contributed by atoms with Crippen LogP contribution in [0.15, 0.2) is 5.51 Å². The molecule has 0 saturated heterocycles. The van der Waals surface area contributed by atoms with Crippen LogP contribution in [-0.4, -0.2) is 36.1 Å². The zero-order valence-electron chi connectivity index (χ0n) is 10.6. The number of nitrogens with one attached hydrogen (secondary N) is 1. The maximum Gasteiger partial charge on any atom is 0.0798 e. The largest absolute Gasteiger partial charge is 0.311 e. The highest BCUT2D eigenvalue weighted by molar-refractivity contribution is 7.09. The summed E-state index contributed by atoms with van der Waals surface area (Å²) in [5, 5.41) is 3.48. The summed E-state index contributed by atoms with van der Waals surface area (Å²) in [4.78, 5) is 8.08. The molecule has 0 aliphatic heterocycles. The van der Waals surface area contributed by atoms with Crippen LogP contribution in [0.1, 0.15) is 30.8 Å². The molecule has 16 heavy (non-hydrogen) atoms. The van der Waals surface area contributed by atoms with Gasteiger partial charge in [-0.1, -0.05) is 13.8 Å². The molecular formula is C12H23N3S. The number of aryl methyl sites for hydroxylation is 1. The maximum absolute atomic E-state index is 4.24. The second kappa shape index (κ2) is 7.76. The van der Waals surface area contributed by atoms with Gasteiger partial charge in [-0.3, -0.25) is 0 Å². The molecule has 0 atom stereocenters. The Labute approximate surface area is 103 Å². The van der Waals surface area contributed by atoms with E-state index in [-0.39, 0.29) is 0 Å². The van der Waals surface area contributed by atoms with Gasteiger partial charge in [0.25, 0.3) is 0 Å². The van der Waals surface area contributed by atoms with Crippen LogP contribution in [0.5, 0.6) is 0 Å². The van der Waals surface area contributed by atoms with Gasteiger partial charge < -0.3 is 10.2 Å². The van der Waals surface area contributed by atoms with E-state index in [1.54, 1.807) is 11.3 Å². The van der Waals surface area contributed by atoms with Crippen LogP contribution in [0.4, 0.5) is 0 Å². The SMILES string of the molecule is CCCN(CC)CCNCc1scnc1C. The third-order valence-corrected chi connectivity index (χ3v) is 3.66. The highest BCUT2D eigenvalue weighted by atomic mass is 32.1. The zero-order chi connectivity index (χ0) is 11.8. The molecule has 0 aromatic carbocycles. The second-order valence-electron chi connectivity index (χ2n) is 3.97. The molecule has 0 spiro atoms. The number of nitrogens with zero attached hydrogens (tertiary/aromatic N) is 2. The van der Waals surface area contributed by atoms with Gasteiger partial charge in [0.1, 0.15) is 0 Å². The van der Waals surface area contributed by atoms with Gasteiger partial charge >= 0.3 is 0 Å². The highest BCUT2D eigenvalue weighted by Crippen LogP contribution is 2.10. The molecule has 92 valence electrons. The number of thiazole rings is 1. The van der Waals surface area contributed by atoms with Crippen LogP contribution in [0, 0.1) is 6.92 Å². The second-order valence-corrected chi connectivity index (χ2v) is 4.91. The van der Waals surface area contributed by atoms with Gasteiger partial charge in [-0.05, 0) is 26.4 Å². The van der Waals surface area contributed by atoms with Gasteiger partial charge in [0.05, 0.1) is 11.2 Å². The van der Waals surface area contributed by atoms with Crippen molar-refractivity contribution in [2.75, 3.05) is 26.2 Å². The molecule has 1 aromatic heterocycles. The van der Waals surface area contributed by atoms with E-state index < -0.39 is 0 Å². The lowest BCUT2D eigenvalue weighted by atomic mass is 10.3. The highest BCUT2D eigenvalue weighted by Gasteiger charge is 2.02. The van der Waals surface area contributed by atoms with Crippen LogP contribution in [-0.2, 0) is 6.54 Å². The fraction of sp³-hybridized carbons (Fsp3) is 0.750. The minimum Gasteiger partial charge on any atom is -0.311 e. The Hall–Kier alpha value is -0.450. The zero-order valence-corrected chi connectivity index (χ0v) is 11.4. The number of rotatable bonds is 8. The summed E-state index contributed by atoms with van der Waals surface area (Å²) in [6.45, 7) is 12.0. The minimum absolute atomic E-state index is 0.959. The van der Waals surface area contributed by atoms with E-state index in [1.807, 2.05) is 5.51 Å². The lowest BCUT2D eigenvalue weighted by Crippen LogP contribution is -2.32. The Morgan fingerprint density at radius 2 is 2.19 bits per heavy atom. The van der Waals surface area contributed by atoms with Gasteiger partial charge in [0.15, 0.2) is 0 Å². The third kappa shape index (κ3) is 4.60. The predicted molar refractivity (Wildman–Crippen MR) is 71.0 cm³/mol. The van der Waals surface area contributed by atoms with E-state index in [2.05, 4.69) is 36.0 Å². The van der Waals surface area contributed by atoms with Crippen molar-refractivity contribution < 1.29 is 0 Å². The molecule has 0 saturated carbocycles. The summed E-state index contributed by atoms with van der Waals surface area (Å²) in [7, 11) is 0. The van der Waals surface area contributed by atoms with Crippen molar-refractivity contribution in [3.05, 3.63) is 16.1 Å². The molecule has 0 radical (unpaired) electrons. The Kier molecular flexibility index (Phi) is 6.61. The van der Waals surface area contributed by atoms with Gasteiger partial charge in [0, 0.05) is 24.5 Å². The summed E-state index contributed by atoms with van der Waals surface area (Å²) in [6, 6.07) is 0. The van der Waals surface area contributed by atoms with Gasteiger partial charge in [-0.25, -0.2) is 4.98 Å². The quantitative estimate of drug-likeness (QED) is 0.708. The van der Waals surface area contributed by atoms with Crippen LogP contribution in [0.2, 0.25) is 0 Å². The Balaban J connectivity index is 2.14. The van der Waals surface area contributed by atoms with Crippen molar-refractivity contribution in [2.45, 2.75) is 33.7 Å². The summed E-state index contributed by atoms with van der Waals surface area (Å²) in [5.74, 6) is 0. The molecule has 1 heterocycles. The fourth-order valence-electron chi connectivity index (χ4n) is 1.68. The molecule has 0 unspecified atom stereocenters. The van der Waals surface area contributed by atoms with E-state index in [0.29, 0.717) is 0 Å². The molecule has 1 aromatic rings. The average molecular weight is 241 g/mol. The standard InChI is InChI=1S/C12H23N3S/c1-4-7-15(5-2)8-6-13-9-12-11(3)14-10-16-12/h10,13H,4-9H2,1-3H3. The van der Waals surface area contributed by atoms with Crippen molar-refractivity contribution in [1.82, 2.24) is 15.2 Å².